The minimum atomic E-state index is -0.386. The number of benzene rings is 1. The predicted octanol–water partition coefficient (Wildman–Crippen LogP) is 6.37. The number of carbonyl (C=O) groups is 2. The van der Waals surface area contributed by atoms with E-state index in [0.29, 0.717) is 61.2 Å². The second kappa shape index (κ2) is 12.3. The van der Waals surface area contributed by atoms with E-state index in [4.69, 9.17) is 14.8 Å². The Kier molecular flexibility index (Phi) is 8.85. The monoisotopic (exact) mass is 623 g/mol. The van der Waals surface area contributed by atoms with Crippen LogP contribution in [0.4, 0.5) is 10.1 Å². The SMILES string of the molecule is C.CCOC(=O)[C@H]1CCN(c2ccc(-c3cc4nc(C(=O)N5CCc6sccc6[C@H]5C)cc(C5CC5)n4n3)c(F)c2)C1.S. The highest BCUT2D eigenvalue weighted by molar-refractivity contribution is 7.59. The van der Waals surface area contributed by atoms with E-state index in [1.807, 2.05) is 21.9 Å². The minimum absolute atomic E-state index is 0. The van der Waals surface area contributed by atoms with Gasteiger partial charge in [0.05, 0.1) is 24.3 Å². The van der Waals surface area contributed by atoms with Crippen LogP contribution in [0, 0.1) is 11.7 Å². The predicted molar refractivity (Wildman–Crippen MR) is 172 cm³/mol. The molecule has 11 heteroatoms. The first-order valence-corrected chi connectivity index (χ1v) is 15.3. The number of ether oxygens (including phenoxy) is 1. The van der Waals surface area contributed by atoms with Gasteiger partial charge in [0, 0.05) is 53.4 Å². The topological polar surface area (TPSA) is 80.0 Å². The van der Waals surface area contributed by atoms with E-state index in [2.05, 4.69) is 18.4 Å². The van der Waals surface area contributed by atoms with Crippen LogP contribution in [0.1, 0.15) is 79.1 Å². The second-order valence-electron chi connectivity index (χ2n) is 11.2. The zero-order valence-electron chi connectivity index (χ0n) is 23.7. The number of thiophene rings is 1. The zero-order valence-corrected chi connectivity index (χ0v) is 25.5. The Morgan fingerprint density at radius 3 is 2.67 bits per heavy atom. The van der Waals surface area contributed by atoms with Crippen LogP contribution >= 0.6 is 24.8 Å². The van der Waals surface area contributed by atoms with E-state index in [-0.39, 0.29) is 50.6 Å². The van der Waals surface area contributed by atoms with E-state index < -0.39 is 0 Å². The van der Waals surface area contributed by atoms with Crippen LogP contribution < -0.4 is 4.90 Å². The molecule has 0 unspecified atom stereocenters. The highest BCUT2D eigenvalue weighted by atomic mass is 32.1. The standard InChI is InChI=1S/C31H32FN5O3S.CH4.H2S/c1-3-40-31(39)20-8-11-35(17-20)21-6-7-23(24(32)14-21)25-16-29-33-26(15-27(19-4-5-19)37(29)34-25)30(38)36-12-9-28-22(18(36)2)10-13-41-28;;/h6-7,10,13-16,18-20H,3-5,8-9,11-12,17H2,1-2H3;1H4;1H2/t18-,20+;;/m1../s1. The molecule has 1 amide bonds. The molecule has 5 heterocycles. The Morgan fingerprint density at radius 1 is 1.12 bits per heavy atom. The zero-order chi connectivity index (χ0) is 28.2. The summed E-state index contributed by atoms with van der Waals surface area (Å²) >= 11 is 1.75. The molecule has 2 aliphatic heterocycles. The lowest BCUT2D eigenvalue weighted by Crippen LogP contribution is -2.38. The average Bonchev–Trinajstić information content (AvgIpc) is 3.34. The lowest BCUT2D eigenvalue weighted by atomic mass is 10.0. The molecule has 0 spiro atoms. The molecule has 3 aromatic heterocycles. The molecule has 1 saturated heterocycles. The number of anilines is 1. The van der Waals surface area contributed by atoms with E-state index in [1.54, 1.807) is 34.9 Å². The fourth-order valence-corrected chi connectivity index (χ4v) is 7.16. The van der Waals surface area contributed by atoms with E-state index in [0.717, 1.165) is 30.6 Å². The Bertz CT molecular complexity index is 1670. The van der Waals surface area contributed by atoms with Gasteiger partial charge in [0.1, 0.15) is 11.5 Å². The fourth-order valence-electron chi connectivity index (χ4n) is 6.20. The first-order valence-electron chi connectivity index (χ1n) is 14.4. The smallest absolute Gasteiger partial charge is 0.310 e. The largest absolute Gasteiger partial charge is 0.466 e. The number of esters is 1. The second-order valence-corrected chi connectivity index (χ2v) is 12.2. The number of hydrogen-bond acceptors (Lipinski definition) is 7. The molecule has 0 radical (unpaired) electrons. The maximum Gasteiger partial charge on any atom is 0.310 e. The van der Waals surface area contributed by atoms with E-state index in [1.165, 1.54) is 16.5 Å². The molecule has 1 aliphatic carbocycles. The van der Waals surface area contributed by atoms with Crippen molar-refractivity contribution in [2.24, 2.45) is 5.92 Å². The van der Waals surface area contributed by atoms with Crippen molar-refractivity contribution >= 4 is 48.0 Å². The molecule has 0 bridgehead atoms. The Labute approximate surface area is 262 Å². The number of halogens is 1. The Morgan fingerprint density at radius 2 is 1.93 bits per heavy atom. The van der Waals surface area contributed by atoms with E-state index >= 15 is 4.39 Å². The van der Waals surface area contributed by atoms with Gasteiger partial charge in [0.25, 0.3) is 5.91 Å². The van der Waals surface area contributed by atoms with Crippen LogP contribution in [0.3, 0.4) is 0 Å². The molecule has 7 rings (SSSR count). The summed E-state index contributed by atoms with van der Waals surface area (Å²) in [5, 5.41) is 6.85. The lowest BCUT2D eigenvalue weighted by molar-refractivity contribution is -0.147. The molecular formula is C32H38FN5O3S2. The number of aromatic nitrogens is 3. The third kappa shape index (κ3) is 5.64. The van der Waals surface area contributed by atoms with Gasteiger partial charge in [-0.2, -0.15) is 18.6 Å². The first kappa shape index (κ1) is 31.0. The third-order valence-corrected chi connectivity index (χ3v) is 9.61. The highest BCUT2D eigenvalue weighted by Crippen LogP contribution is 2.41. The summed E-state index contributed by atoms with van der Waals surface area (Å²) < 4.78 is 22.4. The van der Waals surface area contributed by atoms with Gasteiger partial charge in [-0.25, -0.2) is 13.9 Å². The maximum atomic E-state index is 15.5. The van der Waals surface area contributed by atoms with Gasteiger partial charge >= 0.3 is 5.97 Å². The maximum absolute atomic E-state index is 15.5. The van der Waals surface area contributed by atoms with Crippen LogP contribution in [-0.2, 0) is 16.0 Å². The molecular weight excluding hydrogens is 586 g/mol. The first-order chi connectivity index (χ1) is 19.9. The molecule has 2 fully saturated rings. The normalized spacial score (nSPS) is 19.5. The summed E-state index contributed by atoms with van der Waals surface area (Å²) in [5.74, 6) is -0.538. The van der Waals surface area contributed by atoms with Crippen molar-refractivity contribution in [2.45, 2.75) is 58.9 Å². The summed E-state index contributed by atoms with van der Waals surface area (Å²) in [7, 11) is 0. The number of nitrogens with zero attached hydrogens (tertiary/aromatic N) is 5. The van der Waals surface area contributed by atoms with Crippen molar-refractivity contribution < 1.29 is 18.7 Å². The molecule has 1 saturated carbocycles. The molecule has 43 heavy (non-hydrogen) atoms. The van der Waals surface area contributed by atoms with Gasteiger partial charge in [0.2, 0.25) is 0 Å². The van der Waals surface area contributed by atoms with Crippen LogP contribution in [-0.4, -0.2) is 57.6 Å². The van der Waals surface area contributed by atoms with Crippen molar-refractivity contribution in [3.63, 3.8) is 0 Å². The average molecular weight is 624 g/mol. The summed E-state index contributed by atoms with van der Waals surface area (Å²) in [6.07, 6.45) is 3.61. The molecule has 4 aromatic rings. The van der Waals surface area contributed by atoms with Crippen LogP contribution in [0.2, 0.25) is 0 Å². The fraction of sp³-hybridized carbons (Fsp3) is 0.438. The van der Waals surface area contributed by atoms with Crippen LogP contribution in [0.5, 0.6) is 0 Å². The van der Waals surface area contributed by atoms with Crippen LogP contribution in [0.25, 0.3) is 16.9 Å². The quantitative estimate of drug-likeness (QED) is 0.232. The number of hydrogen-bond donors (Lipinski definition) is 0. The van der Waals surface area contributed by atoms with Gasteiger partial charge in [-0.3, -0.25) is 9.59 Å². The van der Waals surface area contributed by atoms with Gasteiger partial charge in [0.15, 0.2) is 5.65 Å². The highest BCUT2D eigenvalue weighted by Gasteiger charge is 2.33. The van der Waals surface area contributed by atoms with Gasteiger partial charge in [-0.15, -0.1) is 11.3 Å². The van der Waals surface area contributed by atoms with Crippen LogP contribution in [0.15, 0.2) is 41.8 Å². The number of fused-ring (bicyclic) bond motifs is 2. The lowest BCUT2D eigenvalue weighted by Gasteiger charge is -2.33. The summed E-state index contributed by atoms with van der Waals surface area (Å²) in [4.78, 5) is 35.9. The number of rotatable bonds is 6. The molecule has 2 atom stereocenters. The van der Waals surface area contributed by atoms with Crippen molar-refractivity contribution in [1.29, 1.82) is 0 Å². The molecule has 228 valence electrons. The summed E-state index contributed by atoms with van der Waals surface area (Å²) in [6, 6.07) is 10.9. The molecule has 3 aliphatic rings. The van der Waals surface area contributed by atoms with Gasteiger partial charge in [-0.05, 0) is 80.8 Å². The van der Waals surface area contributed by atoms with Crippen molar-refractivity contribution in [3.05, 3.63) is 69.4 Å². The Balaban J connectivity index is 0.00000184. The summed E-state index contributed by atoms with van der Waals surface area (Å²) in [5.41, 5.74) is 4.72. The minimum Gasteiger partial charge on any atom is -0.466 e. The molecule has 8 nitrogen and oxygen atoms in total. The van der Waals surface area contributed by atoms with Crippen molar-refractivity contribution in [3.8, 4) is 11.3 Å². The third-order valence-electron chi connectivity index (χ3n) is 8.61. The van der Waals surface area contributed by atoms with Crippen molar-refractivity contribution in [2.75, 3.05) is 31.1 Å². The number of amides is 1. The Hall–Kier alpha value is -3.44. The molecule has 0 N–H and O–H groups in total. The van der Waals surface area contributed by atoms with E-state index in [9.17, 15) is 9.59 Å². The van der Waals surface area contributed by atoms with Crippen molar-refractivity contribution in [1.82, 2.24) is 19.5 Å². The molecule has 1 aromatic carbocycles. The van der Waals surface area contributed by atoms with Gasteiger partial charge < -0.3 is 14.5 Å². The van der Waals surface area contributed by atoms with Gasteiger partial charge in [-0.1, -0.05) is 7.43 Å². The number of carbonyl (C=O) groups excluding carboxylic acids is 2. The summed E-state index contributed by atoms with van der Waals surface area (Å²) in [6.45, 7) is 6.09.